The van der Waals surface area contributed by atoms with Crippen molar-refractivity contribution in [3.63, 3.8) is 0 Å². The van der Waals surface area contributed by atoms with Gasteiger partial charge < -0.3 is 0 Å². The lowest BCUT2D eigenvalue weighted by molar-refractivity contribution is 0.917. The normalized spacial score (nSPS) is 10.2. The topological polar surface area (TPSA) is 23.8 Å². The highest BCUT2D eigenvalue weighted by Gasteiger charge is 2.03. The summed E-state index contributed by atoms with van der Waals surface area (Å²) < 4.78 is 0. The molecule has 0 amide bonds. The Morgan fingerprint density at radius 1 is 1.29 bits per heavy atom. The largest absolute Gasteiger partial charge is 0.192 e. The van der Waals surface area contributed by atoms with E-state index in [9.17, 15) is 0 Å². The molecule has 0 aromatic heterocycles. The van der Waals surface area contributed by atoms with Crippen LogP contribution in [-0.2, 0) is 6.42 Å². The van der Waals surface area contributed by atoms with Gasteiger partial charge in [0.05, 0.1) is 11.6 Å². The second kappa shape index (κ2) is 4.81. The van der Waals surface area contributed by atoms with Crippen LogP contribution in [0.3, 0.4) is 0 Å². The van der Waals surface area contributed by atoms with Gasteiger partial charge in [0.1, 0.15) is 0 Å². The van der Waals surface area contributed by atoms with Crippen LogP contribution in [0.4, 0.5) is 0 Å². The fourth-order valence-electron chi connectivity index (χ4n) is 1.48. The van der Waals surface area contributed by atoms with Gasteiger partial charge >= 0.3 is 0 Å². The first kappa shape index (κ1) is 10.8. The van der Waals surface area contributed by atoms with Crippen molar-refractivity contribution in [1.29, 1.82) is 5.26 Å². The summed E-state index contributed by atoms with van der Waals surface area (Å²) in [5.74, 6) is 1.26. The molecule has 0 saturated heterocycles. The minimum Gasteiger partial charge on any atom is -0.192 e. The van der Waals surface area contributed by atoms with Gasteiger partial charge in [-0.2, -0.15) is 5.26 Å². The molecule has 0 spiro atoms. The van der Waals surface area contributed by atoms with Crippen LogP contribution >= 0.6 is 0 Å². The van der Waals surface area contributed by atoms with Crippen molar-refractivity contribution in [3.8, 4) is 6.07 Å². The highest BCUT2D eigenvalue weighted by atomic mass is 14.2. The van der Waals surface area contributed by atoms with Crippen LogP contribution in [0.2, 0.25) is 0 Å². The number of hydrogen-bond acceptors (Lipinski definition) is 1. The molecule has 0 heterocycles. The Kier molecular flexibility index (Phi) is 3.71. The molecule has 0 unspecified atom stereocenters. The van der Waals surface area contributed by atoms with E-state index in [1.54, 1.807) is 0 Å². The number of rotatable bonds is 3. The molecule has 0 fully saturated rings. The van der Waals surface area contributed by atoms with Crippen LogP contribution in [0.5, 0.6) is 0 Å². The van der Waals surface area contributed by atoms with Crippen molar-refractivity contribution < 1.29 is 0 Å². The minimum atomic E-state index is 0.771. The van der Waals surface area contributed by atoms with E-state index >= 15 is 0 Å². The molecular formula is C13H16N. The molecule has 0 atom stereocenters. The number of hydrogen-bond donors (Lipinski definition) is 0. The molecule has 1 nitrogen and oxygen atoms in total. The van der Waals surface area contributed by atoms with Gasteiger partial charge in [-0.1, -0.05) is 33.3 Å². The fraction of sp³-hybridized carbons (Fsp3) is 0.385. The molecule has 0 aliphatic heterocycles. The van der Waals surface area contributed by atoms with E-state index in [1.807, 2.05) is 12.1 Å². The standard InChI is InChI=1S/C13H16N/c1-4-5-11-6-12(9-14)8-13(7-11)10(2)3/h6-8H,4-5H2,1-3H3. The van der Waals surface area contributed by atoms with Crippen LogP contribution in [0.15, 0.2) is 18.2 Å². The number of benzene rings is 1. The number of nitrogens with zero attached hydrogens (tertiary/aromatic N) is 1. The average Bonchev–Trinajstić information content (AvgIpc) is 2.17. The summed E-state index contributed by atoms with van der Waals surface area (Å²) in [6.45, 7) is 6.31. The molecule has 1 rings (SSSR count). The molecule has 0 saturated carbocycles. The van der Waals surface area contributed by atoms with Gasteiger partial charge in [-0.3, -0.25) is 0 Å². The van der Waals surface area contributed by atoms with E-state index in [0.717, 1.165) is 18.4 Å². The molecule has 0 bridgehead atoms. The first-order valence-corrected chi connectivity index (χ1v) is 5.02. The third kappa shape index (κ3) is 2.60. The Morgan fingerprint density at radius 2 is 2.00 bits per heavy atom. The maximum atomic E-state index is 8.88. The number of aryl methyl sites for hydroxylation is 1. The smallest absolute Gasteiger partial charge is 0.0991 e. The molecular weight excluding hydrogens is 170 g/mol. The van der Waals surface area contributed by atoms with Gasteiger partial charge in [0.2, 0.25) is 0 Å². The lowest BCUT2D eigenvalue weighted by Crippen LogP contribution is -1.93. The summed E-state index contributed by atoms with van der Waals surface area (Å²) in [6.07, 6.45) is 2.17. The molecule has 73 valence electrons. The summed E-state index contributed by atoms with van der Waals surface area (Å²) in [5.41, 5.74) is 3.22. The Morgan fingerprint density at radius 3 is 2.50 bits per heavy atom. The lowest BCUT2D eigenvalue weighted by Gasteiger charge is -2.08. The van der Waals surface area contributed by atoms with Crippen molar-refractivity contribution in [2.75, 3.05) is 0 Å². The zero-order valence-electron chi connectivity index (χ0n) is 9.09. The van der Waals surface area contributed by atoms with E-state index in [0.29, 0.717) is 0 Å². The summed E-state index contributed by atoms with van der Waals surface area (Å²) >= 11 is 0. The summed E-state index contributed by atoms with van der Waals surface area (Å²) in [6, 6.07) is 8.32. The Bertz CT molecular complexity index is 345. The maximum absolute atomic E-state index is 8.88. The molecule has 0 aliphatic rings. The summed E-state index contributed by atoms with van der Waals surface area (Å²) in [5, 5.41) is 8.88. The first-order valence-electron chi connectivity index (χ1n) is 5.02. The third-order valence-corrected chi connectivity index (χ3v) is 2.24. The van der Waals surface area contributed by atoms with E-state index in [1.165, 1.54) is 17.0 Å². The monoisotopic (exact) mass is 186 g/mol. The van der Waals surface area contributed by atoms with Gasteiger partial charge in [0, 0.05) is 0 Å². The van der Waals surface area contributed by atoms with Crippen LogP contribution < -0.4 is 0 Å². The summed E-state index contributed by atoms with van der Waals surface area (Å²) in [4.78, 5) is 0. The summed E-state index contributed by atoms with van der Waals surface area (Å²) in [7, 11) is 0. The molecule has 1 heteroatoms. The van der Waals surface area contributed by atoms with Crippen molar-refractivity contribution in [3.05, 3.63) is 40.8 Å². The van der Waals surface area contributed by atoms with Gasteiger partial charge in [0.25, 0.3) is 0 Å². The van der Waals surface area contributed by atoms with Crippen molar-refractivity contribution >= 4 is 0 Å². The van der Waals surface area contributed by atoms with E-state index in [-0.39, 0.29) is 0 Å². The van der Waals surface area contributed by atoms with E-state index in [2.05, 4.69) is 32.9 Å². The zero-order chi connectivity index (χ0) is 10.6. The average molecular weight is 186 g/mol. The first-order chi connectivity index (χ1) is 6.67. The van der Waals surface area contributed by atoms with Crippen LogP contribution in [-0.4, -0.2) is 0 Å². The predicted octanol–water partition coefficient (Wildman–Crippen LogP) is 3.47. The fourth-order valence-corrected chi connectivity index (χ4v) is 1.48. The third-order valence-electron chi connectivity index (χ3n) is 2.24. The molecule has 0 aliphatic carbocycles. The molecule has 14 heavy (non-hydrogen) atoms. The van der Waals surface area contributed by atoms with E-state index in [4.69, 9.17) is 5.26 Å². The molecule has 1 radical (unpaired) electrons. The van der Waals surface area contributed by atoms with Crippen molar-refractivity contribution in [2.45, 2.75) is 33.6 Å². The van der Waals surface area contributed by atoms with Crippen molar-refractivity contribution in [2.24, 2.45) is 0 Å². The molecule has 1 aromatic rings. The predicted molar refractivity (Wildman–Crippen MR) is 58.8 cm³/mol. The maximum Gasteiger partial charge on any atom is 0.0991 e. The molecule has 0 N–H and O–H groups in total. The highest BCUT2D eigenvalue weighted by Crippen LogP contribution is 2.18. The quantitative estimate of drug-likeness (QED) is 0.709. The SMILES string of the molecule is CCCc1cc(C#N)cc([C](C)C)c1. The highest BCUT2D eigenvalue weighted by molar-refractivity contribution is 5.42. The van der Waals surface area contributed by atoms with Gasteiger partial charge in [-0.25, -0.2) is 0 Å². The van der Waals surface area contributed by atoms with Gasteiger partial charge in [0.15, 0.2) is 0 Å². The van der Waals surface area contributed by atoms with Gasteiger partial charge in [-0.15, -0.1) is 0 Å². The van der Waals surface area contributed by atoms with Crippen LogP contribution in [0.1, 0.15) is 43.9 Å². The Labute approximate surface area is 86.4 Å². The minimum absolute atomic E-state index is 0.771. The Balaban J connectivity index is 3.08. The number of nitriles is 1. The van der Waals surface area contributed by atoms with Crippen LogP contribution in [0, 0.1) is 17.2 Å². The Hall–Kier alpha value is -1.29. The second-order valence-electron chi connectivity index (χ2n) is 3.78. The lowest BCUT2D eigenvalue weighted by atomic mass is 9.96. The second-order valence-corrected chi connectivity index (χ2v) is 3.78. The molecule has 1 aromatic carbocycles. The van der Waals surface area contributed by atoms with Crippen molar-refractivity contribution in [1.82, 2.24) is 0 Å². The van der Waals surface area contributed by atoms with E-state index < -0.39 is 0 Å². The zero-order valence-corrected chi connectivity index (χ0v) is 9.09. The van der Waals surface area contributed by atoms with Gasteiger partial charge in [-0.05, 0) is 35.6 Å². The van der Waals surface area contributed by atoms with Crippen LogP contribution in [0.25, 0.3) is 0 Å².